The van der Waals surface area contributed by atoms with Gasteiger partial charge < -0.3 is 39.7 Å². The molecule has 1 unspecified atom stereocenters. The van der Waals surface area contributed by atoms with Crippen molar-refractivity contribution < 1.29 is 44.0 Å². The van der Waals surface area contributed by atoms with Crippen LogP contribution in [0.2, 0.25) is 0 Å². The van der Waals surface area contributed by atoms with E-state index in [2.05, 4.69) is 5.32 Å². The number of carbonyl (C=O) groups is 2. The van der Waals surface area contributed by atoms with Crippen LogP contribution in [0, 0.1) is 10.1 Å². The van der Waals surface area contributed by atoms with Crippen molar-refractivity contribution in [3.63, 3.8) is 0 Å². The van der Waals surface area contributed by atoms with Crippen molar-refractivity contribution in [1.29, 1.82) is 0 Å². The van der Waals surface area contributed by atoms with E-state index in [1.165, 1.54) is 30.0 Å². The van der Waals surface area contributed by atoms with Gasteiger partial charge >= 0.3 is 11.9 Å². The number of carboxylic acid groups (broad SMARTS) is 2. The number of nitrogens with one attached hydrogen (secondary N) is 1. The van der Waals surface area contributed by atoms with Gasteiger partial charge in [-0.15, -0.1) is 0 Å². The summed E-state index contributed by atoms with van der Waals surface area (Å²) >= 11 is 0. The number of nitro groups is 1. The molecule has 4 N–H and O–H groups in total. The molecule has 44 heavy (non-hydrogen) atoms. The lowest BCUT2D eigenvalue weighted by molar-refractivity contribution is -0.385. The molecule has 0 aromatic heterocycles. The second-order valence-electron chi connectivity index (χ2n) is 10.6. The van der Waals surface area contributed by atoms with Crippen LogP contribution in [0.1, 0.15) is 39.2 Å². The average molecular weight is 614 g/mol. The lowest BCUT2D eigenvalue weighted by Crippen LogP contribution is -2.43. The lowest BCUT2D eigenvalue weighted by Gasteiger charge is -2.42. The normalized spacial score (nSPS) is 15.2. The van der Waals surface area contributed by atoms with E-state index in [1.807, 2.05) is 0 Å². The molecule has 0 saturated heterocycles. The number of nitrogens with zero attached hydrogens (tertiary/aromatic N) is 2. The highest BCUT2D eigenvalue weighted by Gasteiger charge is 2.50. The molecule has 1 atom stereocenters. The first kappa shape index (κ1) is 33.9. The Morgan fingerprint density at radius 1 is 1.00 bits per heavy atom. The summed E-state index contributed by atoms with van der Waals surface area (Å²) in [5, 5.41) is 45.4. The van der Waals surface area contributed by atoms with Gasteiger partial charge in [0.2, 0.25) is 0 Å². The van der Waals surface area contributed by atoms with E-state index in [-0.39, 0.29) is 41.4 Å². The fraction of sp³-hybridized carbons (Fsp3) is 0.419. The maximum absolute atomic E-state index is 12.5. The molecule has 0 radical (unpaired) electrons. The third-order valence-corrected chi connectivity index (χ3v) is 7.76. The number of hydrogen-bond acceptors (Lipinski definition) is 10. The van der Waals surface area contributed by atoms with Crippen molar-refractivity contribution in [2.24, 2.45) is 0 Å². The van der Waals surface area contributed by atoms with Gasteiger partial charge in [0.15, 0.2) is 0 Å². The molecule has 0 fully saturated rings. The van der Waals surface area contributed by atoms with Gasteiger partial charge in [-0.2, -0.15) is 0 Å². The summed E-state index contributed by atoms with van der Waals surface area (Å²) in [7, 11) is 3.15. The number of nitro benzene ring substituents is 1. The summed E-state index contributed by atoms with van der Waals surface area (Å²) in [6.07, 6.45) is 0.490. The van der Waals surface area contributed by atoms with Crippen molar-refractivity contribution in [2.45, 2.75) is 45.1 Å². The van der Waals surface area contributed by atoms with Crippen LogP contribution in [0.25, 0.3) is 0 Å². The topological polar surface area (TPSA) is 181 Å². The van der Waals surface area contributed by atoms with Gasteiger partial charge in [0, 0.05) is 42.7 Å². The molecule has 0 spiro atoms. The minimum atomic E-state index is -1.76. The number of aliphatic hydroxyl groups excluding tert-OH is 1. The van der Waals surface area contributed by atoms with E-state index in [4.69, 9.17) is 14.2 Å². The fourth-order valence-electron chi connectivity index (χ4n) is 5.32. The Morgan fingerprint density at radius 2 is 1.59 bits per heavy atom. The van der Waals surface area contributed by atoms with Gasteiger partial charge in [0.25, 0.3) is 5.69 Å². The molecule has 1 aliphatic heterocycles. The second-order valence-corrected chi connectivity index (χ2v) is 10.6. The molecular weight excluding hydrogens is 574 g/mol. The van der Waals surface area contributed by atoms with Crippen molar-refractivity contribution in [1.82, 2.24) is 10.2 Å². The SMILES string of the molecule is COc1ccc(OCC(O)CNCCCCOc2ccc([N+](=O)[O-])cc2C2(C)C(C(=O)O)=C(C)N(C)C(C)=C2C(=O)O)cc1. The molecule has 13 heteroatoms. The summed E-state index contributed by atoms with van der Waals surface area (Å²) in [6, 6.07) is 10.8. The molecular formula is C31H39N3O10. The van der Waals surface area contributed by atoms with Gasteiger partial charge in [-0.05, 0) is 70.5 Å². The zero-order valence-corrected chi connectivity index (χ0v) is 25.5. The first-order valence-electron chi connectivity index (χ1n) is 14.0. The molecule has 238 valence electrons. The predicted molar refractivity (Wildman–Crippen MR) is 161 cm³/mol. The zero-order chi connectivity index (χ0) is 32.6. The van der Waals surface area contributed by atoms with Crippen molar-refractivity contribution in [3.8, 4) is 17.2 Å². The third kappa shape index (κ3) is 7.47. The maximum Gasteiger partial charge on any atom is 0.334 e. The average Bonchev–Trinajstić information content (AvgIpc) is 2.98. The highest BCUT2D eigenvalue weighted by atomic mass is 16.6. The van der Waals surface area contributed by atoms with Crippen LogP contribution in [0.3, 0.4) is 0 Å². The molecule has 2 aromatic carbocycles. The first-order valence-corrected chi connectivity index (χ1v) is 14.0. The Labute approximate surface area is 255 Å². The number of benzene rings is 2. The molecule has 2 aromatic rings. The minimum Gasteiger partial charge on any atom is -0.497 e. The standard InChI is InChI=1S/C31H39N3O10/c1-19-27(29(36)37)31(3,28(30(38)39)20(2)33(19)4)25-16-21(34(40)41)8-13-26(25)43-15-7-6-14-32-17-22(35)18-44-24-11-9-23(42-5)10-12-24/h8-13,16,22,32,35H,6-7,14-15,17-18H2,1-5H3,(H,36,37)(H,38,39). The van der Waals surface area contributed by atoms with Gasteiger partial charge in [-0.1, -0.05) is 0 Å². The molecule has 1 aliphatic rings. The molecule has 3 rings (SSSR count). The monoisotopic (exact) mass is 613 g/mol. The van der Waals surface area contributed by atoms with E-state index in [0.717, 1.165) is 0 Å². The Hall–Kier alpha value is -4.62. The lowest BCUT2D eigenvalue weighted by atomic mass is 9.66. The van der Waals surface area contributed by atoms with Crippen LogP contribution in [0.15, 0.2) is 65.0 Å². The van der Waals surface area contributed by atoms with Crippen LogP contribution >= 0.6 is 0 Å². The number of aliphatic hydroxyl groups is 1. The Balaban J connectivity index is 1.67. The Kier molecular flexibility index (Phi) is 11.3. The number of rotatable bonds is 16. The van der Waals surface area contributed by atoms with Crippen LogP contribution in [0.5, 0.6) is 17.2 Å². The summed E-state index contributed by atoms with van der Waals surface area (Å²) < 4.78 is 16.7. The van der Waals surface area contributed by atoms with E-state index in [1.54, 1.807) is 52.3 Å². The summed E-state index contributed by atoms with van der Waals surface area (Å²) in [5.41, 5.74) is -1.82. The fourth-order valence-corrected chi connectivity index (χ4v) is 5.32. The molecule has 13 nitrogen and oxygen atoms in total. The molecule has 0 saturated carbocycles. The summed E-state index contributed by atoms with van der Waals surface area (Å²) in [4.78, 5) is 37.6. The smallest absolute Gasteiger partial charge is 0.334 e. The molecule has 0 amide bonds. The Morgan fingerprint density at radius 3 is 2.14 bits per heavy atom. The first-order chi connectivity index (χ1) is 20.8. The summed E-state index contributed by atoms with van der Waals surface area (Å²) in [6.45, 7) is 5.74. The Bertz CT molecular complexity index is 1400. The second kappa shape index (κ2) is 14.7. The van der Waals surface area contributed by atoms with Gasteiger partial charge in [-0.3, -0.25) is 10.1 Å². The number of aliphatic carboxylic acids is 2. The summed E-state index contributed by atoms with van der Waals surface area (Å²) in [5.74, 6) is -1.21. The highest BCUT2D eigenvalue weighted by Crippen LogP contribution is 2.50. The zero-order valence-electron chi connectivity index (χ0n) is 25.5. The van der Waals surface area contributed by atoms with E-state index < -0.39 is 28.4 Å². The van der Waals surface area contributed by atoms with Gasteiger partial charge in [-0.25, -0.2) is 9.59 Å². The predicted octanol–water partition coefficient (Wildman–Crippen LogP) is 3.71. The van der Waals surface area contributed by atoms with Crippen LogP contribution in [0.4, 0.5) is 5.69 Å². The van der Waals surface area contributed by atoms with E-state index in [9.17, 15) is 35.0 Å². The number of non-ortho nitro benzene ring substituents is 1. The molecule has 0 aliphatic carbocycles. The number of allylic oxidation sites excluding steroid dienone is 2. The molecule has 1 heterocycles. The van der Waals surface area contributed by atoms with Crippen LogP contribution in [-0.4, -0.2) is 83.6 Å². The minimum absolute atomic E-state index is 0.0754. The van der Waals surface area contributed by atoms with Crippen LogP contribution in [-0.2, 0) is 15.0 Å². The van der Waals surface area contributed by atoms with E-state index >= 15 is 0 Å². The third-order valence-electron chi connectivity index (χ3n) is 7.76. The number of carboxylic acids is 2. The quantitative estimate of drug-likeness (QED) is 0.123. The number of hydrogen-bond donors (Lipinski definition) is 4. The number of ether oxygens (including phenoxy) is 3. The highest BCUT2D eigenvalue weighted by molar-refractivity contribution is 6.00. The maximum atomic E-state index is 12.5. The van der Waals surface area contributed by atoms with Gasteiger partial charge in [0.05, 0.1) is 35.2 Å². The largest absolute Gasteiger partial charge is 0.497 e. The number of unbranched alkanes of at least 4 members (excludes halogenated alkanes) is 1. The van der Waals surface area contributed by atoms with Gasteiger partial charge in [0.1, 0.15) is 30.0 Å². The van der Waals surface area contributed by atoms with Crippen molar-refractivity contribution in [2.75, 3.05) is 40.5 Å². The van der Waals surface area contributed by atoms with Crippen LogP contribution < -0.4 is 19.5 Å². The van der Waals surface area contributed by atoms with Crippen molar-refractivity contribution in [3.05, 3.63) is 80.7 Å². The van der Waals surface area contributed by atoms with Crippen molar-refractivity contribution >= 4 is 17.6 Å². The molecule has 0 bridgehead atoms. The number of methoxy groups -OCH3 is 1. The van der Waals surface area contributed by atoms with E-state index in [0.29, 0.717) is 48.8 Å².